The monoisotopic (exact) mass is 407 g/mol. The number of hydrogen-bond acceptors (Lipinski definition) is 3. The number of phenolic OH excluding ortho intramolecular Hbond substituents is 1. The van der Waals surface area contributed by atoms with Gasteiger partial charge in [0.05, 0.1) is 7.11 Å². The van der Waals surface area contributed by atoms with Crippen LogP contribution in [0.3, 0.4) is 0 Å². The molecular formula is C16H20Cl2NO2PTi. The Bertz CT molecular complexity index is 614. The zero-order chi connectivity index (χ0) is 17.2. The molecule has 0 aliphatic carbocycles. The van der Waals surface area contributed by atoms with Crippen molar-refractivity contribution in [2.45, 2.75) is 6.54 Å². The van der Waals surface area contributed by atoms with Gasteiger partial charge in [-0.25, -0.2) is 0 Å². The van der Waals surface area contributed by atoms with Crippen LogP contribution in [-0.4, -0.2) is 31.2 Å². The third-order valence-corrected chi connectivity index (χ3v) is 4.42. The van der Waals surface area contributed by atoms with Gasteiger partial charge < -0.3 is 14.7 Å². The second-order valence-electron chi connectivity index (χ2n) is 4.95. The van der Waals surface area contributed by atoms with Crippen molar-refractivity contribution in [2.75, 3.05) is 21.2 Å². The molecule has 3 nitrogen and oxygen atoms in total. The Morgan fingerprint density at radius 2 is 1.70 bits per heavy atom. The van der Waals surface area contributed by atoms with Gasteiger partial charge in [0, 0.05) is 11.8 Å². The van der Waals surface area contributed by atoms with E-state index in [4.69, 9.17) is 23.3 Å². The van der Waals surface area contributed by atoms with Gasteiger partial charge in [-0.15, -0.1) is 0 Å². The second kappa shape index (κ2) is 11.3. The van der Waals surface area contributed by atoms with Crippen molar-refractivity contribution in [1.82, 2.24) is 4.90 Å². The number of benzene rings is 2. The van der Waals surface area contributed by atoms with Gasteiger partial charge in [0.1, 0.15) is 0 Å². The summed E-state index contributed by atoms with van der Waals surface area (Å²) < 4.78 is 5.16. The Labute approximate surface area is 156 Å². The van der Waals surface area contributed by atoms with E-state index in [0.717, 1.165) is 11.8 Å². The van der Waals surface area contributed by atoms with Gasteiger partial charge in [-0.3, -0.25) is 0 Å². The summed E-state index contributed by atoms with van der Waals surface area (Å²) in [7, 11) is 15.9. The van der Waals surface area contributed by atoms with Crippen molar-refractivity contribution in [3.8, 4) is 11.5 Å². The van der Waals surface area contributed by atoms with E-state index in [1.807, 2.05) is 18.2 Å². The molecule has 1 unspecified atom stereocenters. The third kappa shape index (κ3) is 7.01. The summed E-state index contributed by atoms with van der Waals surface area (Å²) in [5.41, 5.74) is 1.29. The van der Waals surface area contributed by atoms with Crippen LogP contribution in [0.15, 0.2) is 42.5 Å². The number of hydrogen-bond donors (Lipinski definition) is 1. The van der Waals surface area contributed by atoms with Crippen LogP contribution in [0.4, 0.5) is 0 Å². The van der Waals surface area contributed by atoms with E-state index in [0.29, 0.717) is 14.3 Å². The van der Waals surface area contributed by atoms with Crippen molar-refractivity contribution >= 4 is 37.8 Å². The van der Waals surface area contributed by atoms with Gasteiger partial charge in [-0.05, 0) is 31.0 Å². The molecule has 23 heavy (non-hydrogen) atoms. The Morgan fingerprint density at radius 1 is 1.09 bits per heavy atom. The fraction of sp³-hybridized carbons (Fsp3) is 0.250. The third-order valence-electron chi connectivity index (χ3n) is 2.99. The van der Waals surface area contributed by atoms with Crippen LogP contribution in [0, 0.1) is 0 Å². The van der Waals surface area contributed by atoms with Crippen LogP contribution in [-0.2, 0) is 23.6 Å². The summed E-state index contributed by atoms with van der Waals surface area (Å²) in [6.45, 7) is 0.897. The van der Waals surface area contributed by atoms with Gasteiger partial charge in [-0.1, -0.05) is 45.0 Å². The molecule has 0 spiro atoms. The molecule has 0 radical (unpaired) electrons. The number of ether oxygens (including phenoxy) is 1. The number of aromatic hydroxyl groups is 1. The van der Waals surface area contributed by atoms with Crippen molar-refractivity contribution < 1.29 is 26.9 Å². The number of para-hydroxylation sites is 1. The quantitative estimate of drug-likeness (QED) is 0.608. The topological polar surface area (TPSA) is 32.7 Å². The predicted octanol–water partition coefficient (Wildman–Crippen LogP) is 3.47. The van der Waals surface area contributed by atoms with E-state index >= 15 is 0 Å². The summed E-state index contributed by atoms with van der Waals surface area (Å²) in [5.74, 6) is 0.771. The first-order valence-corrected chi connectivity index (χ1v) is 12.1. The number of phenols is 1. The molecule has 2 rings (SSSR count). The predicted molar refractivity (Wildman–Crippen MR) is 97.8 cm³/mol. The van der Waals surface area contributed by atoms with E-state index in [2.05, 4.69) is 37.2 Å². The summed E-state index contributed by atoms with van der Waals surface area (Å²) >= 11 is -0.556. The molecule has 0 heterocycles. The molecule has 0 bridgehead atoms. The number of nitrogens with zero attached hydrogens (tertiary/aromatic N) is 1. The molecule has 1 N–H and O–H groups in total. The fourth-order valence-corrected chi connectivity index (χ4v) is 3.27. The average molecular weight is 408 g/mol. The number of rotatable bonds is 5. The van der Waals surface area contributed by atoms with Crippen molar-refractivity contribution in [3.05, 3.63) is 48.0 Å². The first-order valence-electron chi connectivity index (χ1n) is 6.85. The maximum absolute atomic E-state index is 10.2. The Balaban J connectivity index is 0.000000816. The maximum atomic E-state index is 10.2. The molecule has 0 aliphatic rings. The van der Waals surface area contributed by atoms with Crippen molar-refractivity contribution in [3.63, 3.8) is 0 Å². The standard InChI is InChI=1S/C16H20NO2P.2ClH.Ti/c1-17(2)11-12-7-4-5-9-14(12)20-15-10-6-8-13(19-3)16(15)18;;;/h4-10,18,20H,11H2,1-3H3;2*1H;/q;;;+2/p-2. The Morgan fingerprint density at radius 3 is 2.30 bits per heavy atom. The molecule has 2 aromatic carbocycles. The van der Waals surface area contributed by atoms with Crippen molar-refractivity contribution in [2.24, 2.45) is 0 Å². The van der Waals surface area contributed by atoms with Gasteiger partial charge in [0.25, 0.3) is 0 Å². The van der Waals surface area contributed by atoms with Crippen LogP contribution < -0.4 is 15.3 Å². The summed E-state index contributed by atoms with van der Waals surface area (Å²) in [6, 6.07) is 14.0. The molecule has 2 aromatic rings. The zero-order valence-corrected chi connectivity index (χ0v) is 17.4. The minimum atomic E-state index is -0.556. The van der Waals surface area contributed by atoms with Crippen LogP contribution >= 0.6 is 27.2 Å². The average Bonchev–Trinajstić information content (AvgIpc) is 2.51. The number of halogens is 2. The minimum absolute atomic E-state index is 0.244. The summed E-state index contributed by atoms with van der Waals surface area (Å²) in [4.78, 5) is 2.15. The molecule has 0 aliphatic heterocycles. The first-order chi connectivity index (χ1) is 11.0. The van der Waals surface area contributed by atoms with Gasteiger partial charge >= 0.3 is 35.6 Å². The normalized spacial score (nSPS) is 10.5. The first kappa shape index (κ1) is 20.8. The fourth-order valence-electron chi connectivity index (χ4n) is 2.05. The molecule has 1 atom stereocenters. The zero-order valence-electron chi connectivity index (χ0n) is 13.3. The van der Waals surface area contributed by atoms with Crippen LogP contribution in [0.1, 0.15) is 5.56 Å². The van der Waals surface area contributed by atoms with E-state index in [1.54, 1.807) is 13.2 Å². The van der Waals surface area contributed by atoms with Crippen LogP contribution in [0.5, 0.6) is 11.5 Å². The molecule has 0 saturated carbocycles. The van der Waals surface area contributed by atoms with E-state index in [-0.39, 0.29) is 5.75 Å². The molecule has 7 heteroatoms. The van der Waals surface area contributed by atoms with Gasteiger partial charge in [-0.2, -0.15) is 0 Å². The second-order valence-corrected chi connectivity index (χ2v) is 8.85. The Kier molecular flexibility index (Phi) is 10.2. The summed E-state index contributed by atoms with van der Waals surface area (Å²) in [5, 5.41) is 12.4. The van der Waals surface area contributed by atoms with Gasteiger partial charge in [0.15, 0.2) is 11.5 Å². The van der Waals surface area contributed by atoms with Crippen molar-refractivity contribution in [1.29, 1.82) is 0 Å². The molecule has 0 aromatic heterocycles. The molecule has 0 fully saturated rings. The Hall–Kier alpha value is -0.276. The molecular weight excluding hydrogens is 388 g/mol. The van der Waals surface area contributed by atoms with E-state index < -0.39 is 17.0 Å². The van der Waals surface area contributed by atoms with Crippen LogP contribution in [0.25, 0.3) is 0 Å². The van der Waals surface area contributed by atoms with E-state index in [9.17, 15) is 5.11 Å². The van der Waals surface area contributed by atoms with Gasteiger partial charge in [0.2, 0.25) is 0 Å². The van der Waals surface area contributed by atoms with Crippen LogP contribution in [0.2, 0.25) is 0 Å². The SMILES string of the molecule is COc1cccc(Pc2ccccc2CN(C)C)c1O.[Cl][Ti][Cl]. The number of methoxy groups -OCH3 is 1. The molecule has 0 saturated heterocycles. The summed E-state index contributed by atoms with van der Waals surface area (Å²) in [6.07, 6.45) is 0. The van der Waals surface area contributed by atoms with E-state index in [1.165, 1.54) is 10.9 Å². The molecule has 124 valence electrons. The molecule has 0 amide bonds.